The summed E-state index contributed by atoms with van der Waals surface area (Å²) in [7, 11) is 0.361. The third-order valence-electron chi connectivity index (χ3n) is 3.19. The molecule has 0 saturated heterocycles. The van der Waals surface area contributed by atoms with Crippen LogP contribution in [0.5, 0.6) is 0 Å². The first kappa shape index (κ1) is 33.6. The molecule has 0 N–H and O–H groups in total. The molecule has 170 valence electrons. The minimum atomic E-state index is -1.63. The van der Waals surface area contributed by atoms with Gasteiger partial charge in [-0.25, -0.2) is 0 Å². The number of hydrogen-bond donors (Lipinski definition) is 0. The first-order valence-corrected chi connectivity index (χ1v) is 23.1. The number of hydrogen-bond acceptors (Lipinski definition) is 0. The Hall–Kier alpha value is -0.604. The molecule has 3 aromatic carbocycles. The average Bonchev–Trinajstić information content (AvgIpc) is 2.69. The summed E-state index contributed by atoms with van der Waals surface area (Å²) < 4.78 is 4.50. The summed E-state index contributed by atoms with van der Waals surface area (Å²) in [4.78, 5) is 0. The normalized spacial score (nSPS) is 9.66. The van der Waals surface area contributed by atoms with Gasteiger partial charge in [0.15, 0.2) is 0 Å². The van der Waals surface area contributed by atoms with Crippen molar-refractivity contribution in [2.45, 2.75) is 58.9 Å². The zero-order valence-corrected chi connectivity index (χ0v) is 28.9. The third kappa shape index (κ3) is 18.9. The van der Waals surface area contributed by atoms with Crippen molar-refractivity contribution >= 4 is 71.5 Å². The predicted octanol–water partition coefficient (Wildman–Crippen LogP) is 5.93. The molecule has 0 fully saturated rings. The van der Waals surface area contributed by atoms with E-state index in [1.807, 2.05) is 0 Å². The summed E-state index contributed by atoms with van der Waals surface area (Å²) in [5, 5.41) is 0. The van der Waals surface area contributed by atoms with E-state index in [2.05, 4.69) is 150 Å². The molecular weight excluding hydrogens is 554 g/mol. The Balaban J connectivity index is 0. The van der Waals surface area contributed by atoms with E-state index in [1.165, 1.54) is 13.2 Å². The van der Waals surface area contributed by atoms with Crippen molar-refractivity contribution in [3.63, 3.8) is 0 Å². The van der Waals surface area contributed by atoms with Gasteiger partial charge in [0, 0.05) is 44.0 Å². The fraction of sp³-hybridized carbons (Fsp3) is 0.333. The van der Waals surface area contributed by atoms with Crippen molar-refractivity contribution in [2.24, 2.45) is 0 Å². The van der Waals surface area contributed by atoms with Gasteiger partial charge < -0.3 is 0 Å². The molecule has 0 atom stereocenters. The maximum absolute atomic E-state index is 2.27. The molecular formula is C27H42Ge2Si3. The quantitative estimate of drug-likeness (QED) is 0.329. The molecule has 8 radical (unpaired) electrons. The Morgan fingerprint density at radius 2 is 0.531 bits per heavy atom. The first-order chi connectivity index (χ1) is 14.6. The van der Waals surface area contributed by atoms with E-state index in [0.29, 0.717) is 0 Å². The van der Waals surface area contributed by atoms with E-state index < -0.39 is 14.3 Å². The summed E-state index contributed by atoms with van der Waals surface area (Å²) in [5.74, 6) is 0. The molecule has 0 aliphatic heterocycles. The summed E-state index contributed by atoms with van der Waals surface area (Å²) in [6.07, 6.45) is 0. The molecule has 3 aromatic rings. The molecule has 0 amide bonds. The van der Waals surface area contributed by atoms with Crippen molar-refractivity contribution in [1.29, 1.82) is 0 Å². The van der Waals surface area contributed by atoms with Gasteiger partial charge >= 0.3 is 119 Å². The van der Waals surface area contributed by atoms with Crippen molar-refractivity contribution in [2.75, 3.05) is 0 Å². The van der Waals surface area contributed by atoms with Crippen molar-refractivity contribution in [1.82, 2.24) is 0 Å². The van der Waals surface area contributed by atoms with Crippen LogP contribution in [0.4, 0.5) is 0 Å². The minimum absolute atomic E-state index is 0. The molecule has 0 nitrogen and oxygen atoms in total. The van der Waals surface area contributed by atoms with Crippen LogP contribution in [-0.4, -0.2) is 58.3 Å². The average molecular weight is 596 g/mol. The fourth-order valence-electron chi connectivity index (χ4n) is 2.31. The van der Waals surface area contributed by atoms with Crippen LogP contribution >= 0.6 is 0 Å². The van der Waals surface area contributed by atoms with Crippen molar-refractivity contribution in [3.05, 3.63) is 91.0 Å². The molecule has 0 saturated carbocycles. The molecule has 0 heterocycles. The summed E-state index contributed by atoms with van der Waals surface area (Å²) >= 11 is -1.63. The van der Waals surface area contributed by atoms with Gasteiger partial charge in [0.25, 0.3) is 0 Å². The van der Waals surface area contributed by atoms with Crippen LogP contribution in [0.25, 0.3) is 0 Å². The number of benzene rings is 3. The van der Waals surface area contributed by atoms with Crippen LogP contribution in [0.15, 0.2) is 91.0 Å². The Morgan fingerprint density at radius 1 is 0.375 bits per heavy atom. The summed E-state index contributed by atoms with van der Waals surface area (Å²) in [5.41, 5.74) is 0. The molecule has 0 unspecified atom stereocenters. The van der Waals surface area contributed by atoms with Crippen LogP contribution in [0, 0.1) is 0 Å². The van der Waals surface area contributed by atoms with E-state index in [-0.39, 0.29) is 44.0 Å². The zero-order valence-electron chi connectivity index (χ0n) is 21.7. The van der Waals surface area contributed by atoms with E-state index in [1.54, 1.807) is 0 Å². The zero-order chi connectivity index (χ0) is 23.6. The van der Waals surface area contributed by atoms with E-state index in [4.69, 9.17) is 0 Å². The van der Waals surface area contributed by atoms with Crippen molar-refractivity contribution in [3.8, 4) is 0 Å². The van der Waals surface area contributed by atoms with E-state index in [9.17, 15) is 0 Å². The van der Waals surface area contributed by atoms with Gasteiger partial charge in [-0.15, -0.1) is 0 Å². The van der Waals surface area contributed by atoms with Gasteiger partial charge in [-0.2, -0.15) is 0 Å². The molecule has 0 bridgehead atoms. The van der Waals surface area contributed by atoms with Gasteiger partial charge in [0.1, 0.15) is 0 Å². The number of rotatable bonds is 3. The van der Waals surface area contributed by atoms with Crippen LogP contribution < -0.4 is 13.2 Å². The Labute approximate surface area is 220 Å². The van der Waals surface area contributed by atoms with Gasteiger partial charge in [0.2, 0.25) is 0 Å². The predicted molar refractivity (Wildman–Crippen MR) is 160 cm³/mol. The molecule has 0 aromatic heterocycles. The maximum atomic E-state index is 2.27. The molecule has 0 aliphatic carbocycles. The van der Waals surface area contributed by atoms with Gasteiger partial charge in [-0.1, -0.05) is 58.9 Å². The van der Waals surface area contributed by atoms with E-state index in [0.717, 1.165) is 0 Å². The van der Waals surface area contributed by atoms with Crippen molar-refractivity contribution < 1.29 is 0 Å². The Morgan fingerprint density at radius 3 is 0.688 bits per heavy atom. The van der Waals surface area contributed by atoms with Gasteiger partial charge in [-0.3, -0.25) is 0 Å². The van der Waals surface area contributed by atoms with Crippen LogP contribution in [0.1, 0.15) is 0 Å². The van der Waals surface area contributed by atoms with Crippen LogP contribution in [0.3, 0.4) is 0 Å². The second-order valence-corrected chi connectivity index (χ2v) is 23.2. The molecule has 0 aliphatic rings. The Bertz CT molecular complexity index is 648. The van der Waals surface area contributed by atoms with Gasteiger partial charge in [-0.05, 0) is 0 Å². The molecule has 32 heavy (non-hydrogen) atoms. The second kappa shape index (κ2) is 21.0. The standard InChI is InChI=1S/C18H15Ge.3C3H9Si.Ge/c1-4-10-16(11-5-1)19(17-12-6-2-7-13-17)18-14-8-3-9-15-18;3*1-4(2)3;/h1-15H;3*1-3H3;. The SMILES string of the molecule is C[Si](C)C.C[Si](C)C.C[Si](C)C.[Ge].c1cc[c]([Ge]([c]2ccccc2)[c]2ccccc2)cc1. The van der Waals surface area contributed by atoms with Gasteiger partial charge in [0.05, 0.1) is 0 Å². The third-order valence-corrected chi connectivity index (χ3v) is 8.92. The van der Waals surface area contributed by atoms with Crippen LogP contribution in [-0.2, 0) is 0 Å². The summed E-state index contributed by atoms with van der Waals surface area (Å²) in [6.45, 7) is 20.4. The monoisotopic (exact) mass is 598 g/mol. The molecule has 0 spiro atoms. The second-order valence-electron chi connectivity index (χ2n) is 8.97. The molecule has 5 heteroatoms. The topological polar surface area (TPSA) is 0 Å². The summed E-state index contributed by atoms with van der Waals surface area (Å²) in [6, 6.07) is 32.8. The van der Waals surface area contributed by atoms with E-state index >= 15 is 0 Å². The Kier molecular flexibility index (Phi) is 22.0. The molecule has 3 rings (SSSR count). The fourth-order valence-corrected chi connectivity index (χ4v) is 7.72. The first-order valence-electron chi connectivity index (χ1n) is 11.0. The van der Waals surface area contributed by atoms with Crippen LogP contribution in [0.2, 0.25) is 58.9 Å².